The predicted octanol–water partition coefficient (Wildman–Crippen LogP) is 2.87. The van der Waals surface area contributed by atoms with Crippen LogP contribution in [0.5, 0.6) is 0 Å². The van der Waals surface area contributed by atoms with Crippen molar-refractivity contribution in [2.75, 3.05) is 18.4 Å². The van der Waals surface area contributed by atoms with E-state index in [1.165, 1.54) is 37.9 Å². The molecule has 5 atom stereocenters. The van der Waals surface area contributed by atoms with Gasteiger partial charge in [-0.25, -0.2) is 14.2 Å². The average Bonchev–Trinajstić information content (AvgIpc) is 3.00. The van der Waals surface area contributed by atoms with Gasteiger partial charge in [-0.1, -0.05) is 6.42 Å². The number of piperidine rings is 1. The maximum atomic E-state index is 14.1. The topological polar surface area (TPSA) is 69.3 Å². The number of carbonyl (C=O) groups is 1. The Hall–Kier alpha value is -1.25. The lowest BCUT2D eigenvalue weighted by molar-refractivity contribution is 0.150. The van der Waals surface area contributed by atoms with Gasteiger partial charge < -0.3 is 10.2 Å². The van der Waals surface area contributed by atoms with Gasteiger partial charge in [0, 0.05) is 37.3 Å². The summed E-state index contributed by atoms with van der Waals surface area (Å²) < 4.78 is 14.2. The fraction of sp³-hybridized carbons (Fsp3) is 0.667. The maximum absolute atomic E-state index is 14.1. The van der Waals surface area contributed by atoms with Gasteiger partial charge in [-0.2, -0.15) is 0 Å². The molecule has 0 aromatic carbocycles. The van der Waals surface area contributed by atoms with E-state index in [9.17, 15) is 9.18 Å². The van der Waals surface area contributed by atoms with E-state index in [0.29, 0.717) is 36.5 Å². The number of fused-ring (bicyclic) bond motifs is 2. The Kier molecular flexibility index (Phi) is 3.99. The number of halogens is 2. The fourth-order valence-electron chi connectivity index (χ4n) is 5.58. The zero-order valence-corrected chi connectivity index (χ0v) is 16.1. The summed E-state index contributed by atoms with van der Waals surface area (Å²) >= 11 is 3.06. The van der Waals surface area contributed by atoms with Crippen molar-refractivity contribution in [3.63, 3.8) is 0 Å². The van der Waals surface area contributed by atoms with E-state index in [4.69, 9.17) is 0 Å². The van der Waals surface area contributed by atoms with Gasteiger partial charge in [-0.15, -0.1) is 0 Å². The van der Waals surface area contributed by atoms with Crippen molar-refractivity contribution in [2.45, 2.75) is 44.2 Å². The lowest BCUT2D eigenvalue weighted by atomic mass is 9.79. The third-order valence-corrected chi connectivity index (χ3v) is 7.53. The van der Waals surface area contributed by atoms with Crippen LogP contribution in [0, 0.1) is 23.1 Å². The maximum Gasteiger partial charge on any atom is 0.321 e. The number of carbonyl (C=O) groups excluding carboxylic acids is 1. The molecule has 0 radical (unpaired) electrons. The van der Waals surface area contributed by atoms with Crippen LogP contribution in [0.3, 0.4) is 0 Å². The molecule has 2 amide bonds. The Morgan fingerprint density at radius 1 is 1.42 bits per heavy atom. The standard InChI is InChI=1S/C18H23BrFN5O/c19-16-14(20)13(3-6-21-16)22-17(26)25-7-4-12-11(9-25)15(24-23-12)18-5-1-2-10(18)8-18/h3,6,10-12,15,23-24H,1-2,4-5,7-9H2,(H,21,22,26). The summed E-state index contributed by atoms with van der Waals surface area (Å²) in [5, 5.41) is 2.71. The smallest absolute Gasteiger partial charge is 0.321 e. The van der Waals surface area contributed by atoms with Crippen molar-refractivity contribution in [3.05, 3.63) is 22.7 Å². The van der Waals surface area contributed by atoms with E-state index in [0.717, 1.165) is 12.3 Å². The average molecular weight is 424 g/mol. The molecule has 0 bridgehead atoms. The minimum absolute atomic E-state index is 0.110. The summed E-state index contributed by atoms with van der Waals surface area (Å²) in [6, 6.07) is 2.12. The molecule has 6 nitrogen and oxygen atoms in total. The number of pyridine rings is 1. The van der Waals surface area contributed by atoms with Crippen molar-refractivity contribution in [1.29, 1.82) is 0 Å². The van der Waals surface area contributed by atoms with Gasteiger partial charge in [0.25, 0.3) is 0 Å². The number of amides is 2. The van der Waals surface area contributed by atoms with Gasteiger partial charge in [0.15, 0.2) is 5.82 Å². The van der Waals surface area contributed by atoms with Crippen LogP contribution in [0.15, 0.2) is 16.9 Å². The number of likely N-dealkylation sites (tertiary alicyclic amines) is 1. The van der Waals surface area contributed by atoms with E-state index >= 15 is 0 Å². The molecule has 8 heteroatoms. The van der Waals surface area contributed by atoms with E-state index in [1.807, 2.05) is 4.90 Å². The Morgan fingerprint density at radius 2 is 2.31 bits per heavy atom. The highest BCUT2D eigenvalue weighted by Gasteiger charge is 2.64. The summed E-state index contributed by atoms with van der Waals surface area (Å²) in [7, 11) is 0. The second kappa shape index (κ2) is 6.14. The van der Waals surface area contributed by atoms with Gasteiger partial charge in [0.2, 0.25) is 0 Å². The van der Waals surface area contributed by atoms with E-state index in [2.05, 4.69) is 37.1 Å². The Morgan fingerprint density at radius 3 is 3.08 bits per heavy atom. The number of rotatable bonds is 2. The lowest BCUT2D eigenvalue weighted by Crippen LogP contribution is -2.51. The third-order valence-electron chi connectivity index (χ3n) is 6.98. The Labute approximate surface area is 160 Å². The summed E-state index contributed by atoms with van der Waals surface area (Å²) in [5.41, 5.74) is 7.66. The summed E-state index contributed by atoms with van der Waals surface area (Å²) in [4.78, 5) is 18.4. The quantitative estimate of drug-likeness (QED) is 0.639. The van der Waals surface area contributed by atoms with Crippen molar-refractivity contribution >= 4 is 27.6 Å². The normalized spacial score (nSPS) is 38.0. The highest BCUT2D eigenvalue weighted by atomic mass is 79.9. The Balaban J connectivity index is 1.29. The molecule has 140 valence electrons. The van der Waals surface area contributed by atoms with Gasteiger partial charge in [0.1, 0.15) is 4.60 Å². The molecule has 4 aliphatic rings. The van der Waals surface area contributed by atoms with Crippen LogP contribution in [0.4, 0.5) is 14.9 Å². The molecule has 3 heterocycles. The number of hydrazine groups is 1. The van der Waals surface area contributed by atoms with Crippen molar-refractivity contribution < 1.29 is 9.18 Å². The summed E-state index contributed by atoms with van der Waals surface area (Å²) in [6.07, 6.45) is 7.73. The number of aromatic nitrogens is 1. The van der Waals surface area contributed by atoms with E-state index < -0.39 is 5.82 Å². The zero-order chi connectivity index (χ0) is 17.9. The molecule has 4 fully saturated rings. The first-order valence-electron chi connectivity index (χ1n) is 9.45. The second-order valence-electron chi connectivity index (χ2n) is 8.19. The Bertz CT molecular complexity index is 748. The van der Waals surface area contributed by atoms with E-state index in [1.54, 1.807) is 0 Å². The van der Waals surface area contributed by atoms with Gasteiger partial charge in [-0.05, 0) is 59.0 Å². The number of nitrogens with zero attached hydrogens (tertiary/aromatic N) is 2. The monoisotopic (exact) mass is 423 g/mol. The highest BCUT2D eigenvalue weighted by Crippen LogP contribution is 2.67. The molecule has 5 unspecified atom stereocenters. The third kappa shape index (κ3) is 2.57. The first-order valence-corrected chi connectivity index (χ1v) is 10.2. The molecule has 0 spiro atoms. The first-order chi connectivity index (χ1) is 12.6. The highest BCUT2D eigenvalue weighted by molar-refractivity contribution is 9.10. The number of hydrogen-bond acceptors (Lipinski definition) is 4. The largest absolute Gasteiger partial charge is 0.324 e. The molecule has 3 N–H and O–H groups in total. The number of nitrogens with one attached hydrogen (secondary N) is 3. The van der Waals surface area contributed by atoms with Gasteiger partial charge in [-0.3, -0.25) is 10.9 Å². The van der Waals surface area contributed by atoms with Crippen LogP contribution in [0.1, 0.15) is 32.1 Å². The van der Waals surface area contributed by atoms with Crippen LogP contribution in [-0.4, -0.2) is 41.1 Å². The lowest BCUT2D eigenvalue weighted by Gasteiger charge is -2.38. The number of urea groups is 1. The minimum Gasteiger partial charge on any atom is -0.324 e. The molecule has 2 aliphatic carbocycles. The molecular weight excluding hydrogens is 401 g/mol. The first kappa shape index (κ1) is 16.9. The molecule has 2 saturated carbocycles. The van der Waals surface area contributed by atoms with Crippen LogP contribution < -0.4 is 16.2 Å². The van der Waals surface area contributed by atoms with Crippen LogP contribution >= 0.6 is 15.9 Å². The van der Waals surface area contributed by atoms with Crippen LogP contribution in [0.25, 0.3) is 0 Å². The summed E-state index contributed by atoms with van der Waals surface area (Å²) in [5.74, 6) is 0.753. The molecular formula is C18H23BrFN5O. The number of hydrogen-bond donors (Lipinski definition) is 3. The minimum atomic E-state index is -0.538. The second-order valence-corrected chi connectivity index (χ2v) is 8.94. The molecule has 2 saturated heterocycles. The zero-order valence-electron chi connectivity index (χ0n) is 14.5. The van der Waals surface area contributed by atoms with Crippen molar-refractivity contribution in [1.82, 2.24) is 20.7 Å². The SMILES string of the molecule is O=C(Nc1ccnc(Br)c1F)N1CCC2NNC(C34CCCC3C4)C2C1. The molecule has 5 rings (SSSR count). The van der Waals surface area contributed by atoms with Crippen LogP contribution in [0.2, 0.25) is 0 Å². The molecule has 26 heavy (non-hydrogen) atoms. The van der Waals surface area contributed by atoms with Gasteiger partial charge >= 0.3 is 6.03 Å². The number of anilines is 1. The molecule has 1 aromatic rings. The molecule has 1 aromatic heterocycles. The van der Waals surface area contributed by atoms with Crippen LogP contribution in [-0.2, 0) is 0 Å². The van der Waals surface area contributed by atoms with Crippen molar-refractivity contribution in [2.24, 2.45) is 17.3 Å². The molecule has 2 aliphatic heterocycles. The summed E-state index contributed by atoms with van der Waals surface area (Å²) in [6.45, 7) is 1.39. The fourth-order valence-corrected chi connectivity index (χ4v) is 5.91. The van der Waals surface area contributed by atoms with E-state index in [-0.39, 0.29) is 16.3 Å². The van der Waals surface area contributed by atoms with Crippen molar-refractivity contribution in [3.8, 4) is 0 Å². The van der Waals surface area contributed by atoms with Gasteiger partial charge in [0.05, 0.1) is 5.69 Å². The predicted molar refractivity (Wildman–Crippen MR) is 98.8 cm³/mol.